The Morgan fingerprint density at radius 1 is 1.30 bits per heavy atom. The fourth-order valence-corrected chi connectivity index (χ4v) is 2.46. The minimum absolute atomic E-state index is 0.0274. The highest BCUT2D eigenvalue weighted by Gasteiger charge is 2.21. The molecule has 10 heteroatoms. The summed E-state index contributed by atoms with van der Waals surface area (Å²) in [5.74, 6) is -1.08. The van der Waals surface area contributed by atoms with E-state index in [0.717, 1.165) is 6.07 Å². The number of carbonyl (C=O) groups excluding carboxylic acids is 1. The van der Waals surface area contributed by atoms with E-state index in [1.807, 2.05) is 0 Å². The first kappa shape index (κ1) is 25.5. The SMILES string of the molecule is C=C.CCC(Cc1nnc(CCCNC(=O)COc2ccc(Cl)c(F)c2)o1)C(F)F. The van der Waals surface area contributed by atoms with Crippen molar-refractivity contribution in [2.24, 2.45) is 5.92 Å². The van der Waals surface area contributed by atoms with Gasteiger partial charge in [-0.25, -0.2) is 13.2 Å². The van der Waals surface area contributed by atoms with Gasteiger partial charge >= 0.3 is 0 Å². The van der Waals surface area contributed by atoms with Crippen LogP contribution in [0.1, 0.15) is 31.5 Å². The van der Waals surface area contributed by atoms with Crippen molar-refractivity contribution in [3.8, 4) is 5.75 Å². The second-order valence-corrected chi connectivity index (χ2v) is 6.52. The number of benzene rings is 1. The van der Waals surface area contributed by atoms with Gasteiger partial charge in [0.05, 0.1) is 5.02 Å². The lowest BCUT2D eigenvalue weighted by Gasteiger charge is -2.10. The predicted octanol–water partition coefficient (Wildman–Crippen LogP) is 4.63. The second-order valence-electron chi connectivity index (χ2n) is 6.11. The lowest BCUT2D eigenvalue weighted by Crippen LogP contribution is -2.29. The van der Waals surface area contributed by atoms with Crippen LogP contribution in [0.25, 0.3) is 0 Å². The van der Waals surface area contributed by atoms with Gasteiger partial charge in [0.25, 0.3) is 5.91 Å². The Balaban J connectivity index is 0.00000218. The van der Waals surface area contributed by atoms with Crippen molar-refractivity contribution in [3.05, 3.63) is 54.0 Å². The summed E-state index contributed by atoms with van der Waals surface area (Å²) in [6.45, 7) is 7.76. The number of nitrogens with zero attached hydrogens (tertiary/aromatic N) is 2. The van der Waals surface area contributed by atoms with Gasteiger partial charge in [0, 0.05) is 31.4 Å². The van der Waals surface area contributed by atoms with Crippen LogP contribution in [0.4, 0.5) is 13.2 Å². The van der Waals surface area contributed by atoms with Gasteiger partial charge in [0.2, 0.25) is 18.2 Å². The molecule has 0 fully saturated rings. The van der Waals surface area contributed by atoms with Crippen LogP contribution in [0.3, 0.4) is 0 Å². The summed E-state index contributed by atoms with van der Waals surface area (Å²) < 4.78 is 49.3. The number of aryl methyl sites for hydroxylation is 1. The maximum Gasteiger partial charge on any atom is 0.257 e. The quantitative estimate of drug-likeness (QED) is 0.401. The highest BCUT2D eigenvalue weighted by Crippen LogP contribution is 2.20. The van der Waals surface area contributed by atoms with Crippen molar-refractivity contribution in [1.82, 2.24) is 15.5 Å². The minimum atomic E-state index is -2.43. The van der Waals surface area contributed by atoms with E-state index in [-0.39, 0.29) is 35.6 Å². The van der Waals surface area contributed by atoms with Crippen molar-refractivity contribution >= 4 is 17.5 Å². The molecule has 0 spiro atoms. The third-order valence-corrected chi connectivity index (χ3v) is 4.28. The standard InChI is InChI=1S/C18H21ClF3N3O3.C2H4/c1-2-11(18(21)22)8-17-25-24-16(28-17)4-3-7-23-15(26)10-27-12-5-6-13(19)14(20)9-12;1-2/h5-6,9,11,18H,2-4,7-8,10H2,1H3,(H,23,26);1-2H2. The van der Waals surface area contributed by atoms with E-state index < -0.39 is 18.2 Å². The number of amides is 1. The van der Waals surface area contributed by atoms with E-state index in [0.29, 0.717) is 31.7 Å². The Labute approximate surface area is 178 Å². The fraction of sp³-hybridized carbons (Fsp3) is 0.450. The van der Waals surface area contributed by atoms with E-state index >= 15 is 0 Å². The average molecular weight is 448 g/mol. The summed E-state index contributed by atoms with van der Waals surface area (Å²) in [5, 5.41) is 10.2. The van der Waals surface area contributed by atoms with Crippen LogP contribution in [0.15, 0.2) is 35.8 Å². The number of hydrogen-bond donors (Lipinski definition) is 1. The summed E-state index contributed by atoms with van der Waals surface area (Å²) >= 11 is 5.57. The molecule has 0 radical (unpaired) electrons. The number of aromatic nitrogens is 2. The van der Waals surface area contributed by atoms with Crippen LogP contribution in [0.5, 0.6) is 5.75 Å². The molecular formula is C20H25ClF3N3O3. The molecule has 6 nitrogen and oxygen atoms in total. The van der Waals surface area contributed by atoms with Crippen LogP contribution in [-0.4, -0.2) is 35.7 Å². The molecule has 166 valence electrons. The van der Waals surface area contributed by atoms with E-state index in [2.05, 4.69) is 28.7 Å². The highest BCUT2D eigenvalue weighted by atomic mass is 35.5. The number of nitrogens with one attached hydrogen (secondary N) is 1. The molecule has 1 heterocycles. The topological polar surface area (TPSA) is 77.2 Å². The van der Waals surface area contributed by atoms with Crippen molar-refractivity contribution in [2.75, 3.05) is 13.2 Å². The number of hydrogen-bond acceptors (Lipinski definition) is 5. The van der Waals surface area contributed by atoms with Crippen LogP contribution in [-0.2, 0) is 17.6 Å². The summed E-state index contributed by atoms with van der Waals surface area (Å²) in [5.41, 5.74) is 0. The van der Waals surface area contributed by atoms with Gasteiger partial charge in [-0.05, 0) is 25.0 Å². The maximum absolute atomic E-state index is 13.3. The highest BCUT2D eigenvalue weighted by molar-refractivity contribution is 6.30. The molecule has 1 unspecified atom stereocenters. The lowest BCUT2D eigenvalue weighted by molar-refractivity contribution is -0.123. The zero-order valence-electron chi connectivity index (χ0n) is 16.7. The van der Waals surface area contributed by atoms with Crippen LogP contribution in [0.2, 0.25) is 5.02 Å². The molecule has 0 bridgehead atoms. The molecule has 1 atom stereocenters. The zero-order valence-corrected chi connectivity index (χ0v) is 17.4. The molecule has 0 saturated carbocycles. The summed E-state index contributed by atoms with van der Waals surface area (Å²) in [6, 6.07) is 3.90. The molecule has 1 aromatic carbocycles. The van der Waals surface area contributed by atoms with Crippen LogP contribution in [0, 0.1) is 11.7 Å². The first-order chi connectivity index (χ1) is 14.4. The van der Waals surface area contributed by atoms with Crippen molar-refractivity contribution in [2.45, 2.75) is 39.0 Å². The van der Waals surface area contributed by atoms with Gasteiger partial charge in [-0.2, -0.15) is 0 Å². The molecule has 2 aromatic rings. The van der Waals surface area contributed by atoms with Gasteiger partial charge < -0.3 is 14.5 Å². The minimum Gasteiger partial charge on any atom is -0.484 e. The van der Waals surface area contributed by atoms with Crippen LogP contribution >= 0.6 is 11.6 Å². The molecular weight excluding hydrogens is 423 g/mol. The Morgan fingerprint density at radius 2 is 2.00 bits per heavy atom. The van der Waals surface area contributed by atoms with Crippen molar-refractivity contribution < 1.29 is 27.1 Å². The molecule has 1 aromatic heterocycles. The van der Waals surface area contributed by atoms with Crippen molar-refractivity contribution in [1.29, 1.82) is 0 Å². The third-order valence-electron chi connectivity index (χ3n) is 3.98. The van der Waals surface area contributed by atoms with E-state index in [4.69, 9.17) is 20.8 Å². The lowest BCUT2D eigenvalue weighted by atomic mass is 10.0. The third kappa shape index (κ3) is 8.86. The zero-order chi connectivity index (χ0) is 22.5. The van der Waals surface area contributed by atoms with Crippen molar-refractivity contribution in [3.63, 3.8) is 0 Å². The van der Waals surface area contributed by atoms with Gasteiger partial charge in [-0.15, -0.1) is 23.4 Å². The smallest absolute Gasteiger partial charge is 0.257 e. The Hall–Kier alpha value is -2.55. The van der Waals surface area contributed by atoms with E-state index in [1.165, 1.54) is 12.1 Å². The Morgan fingerprint density at radius 3 is 2.63 bits per heavy atom. The summed E-state index contributed by atoms with van der Waals surface area (Å²) in [6.07, 6.45) is -1.13. The second kappa shape index (κ2) is 13.6. The molecule has 1 amide bonds. The maximum atomic E-state index is 13.3. The monoisotopic (exact) mass is 447 g/mol. The predicted molar refractivity (Wildman–Crippen MR) is 107 cm³/mol. The number of alkyl halides is 2. The fourth-order valence-electron chi connectivity index (χ4n) is 2.34. The van der Waals surface area contributed by atoms with E-state index in [9.17, 15) is 18.0 Å². The van der Waals surface area contributed by atoms with Gasteiger partial charge in [-0.3, -0.25) is 4.79 Å². The summed E-state index contributed by atoms with van der Waals surface area (Å²) in [7, 11) is 0. The first-order valence-electron chi connectivity index (χ1n) is 9.33. The largest absolute Gasteiger partial charge is 0.484 e. The molecule has 0 aliphatic carbocycles. The number of ether oxygens (including phenoxy) is 1. The molecule has 30 heavy (non-hydrogen) atoms. The molecule has 0 aliphatic rings. The number of rotatable bonds is 11. The normalized spacial score (nSPS) is 11.5. The van der Waals surface area contributed by atoms with E-state index in [1.54, 1.807) is 6.92 Å². The Bertz CT molecular complexity index is 790. The van der Waals surface area contributed by atoms with Gasteiger partial charge in [-0.1, -0.05) is 18.5 Å². The average Bonchev–Trinajstić information content (AvgIpc) is 3.19. The Kier molecular flexibility index (Phi) is 11.6. The first-order valence-corrected chi connectivity index (χ1v) is 9.70. The number of halogens is 4. The molecule has 0 aliphatic heterocycles. The molecule has 2 rings (SSSR count). The molecule has 0 saturated heterocycles. The van der Waals surface area contributed by atoms with Gasteiger partial charge in [0.1, 0.15) is 11.6 Å². The number of carbonyl (C=O) groups is 1. The van der Waals surface area contributed by atoms with Crippen LogP contribution < -0.4 is 10.1 Å². The summed E-state index contributed by atoms with van der Waals surface area (Å²) in [4.78, 5) is 11.7. The molecule has 1 N–H and O–H groups in total. The van der Waals surface area contributed by atoms with Gasteiger partial charge in [0.15, 0.2) is 6.61 Å².